The van der Waals surface area contributed by atoms with Gasteiger partial charge >= 0.3 is 0 Å². The molecule has 0 atom stereocenters. The number of phenolic OH excluding ortho intramolecular Hbond substituents is 1. The Labute approximate surface area is 89.6 Å². The molecule has 0 unspecified atom stereocenters. The molecular formula is C11H7FO2S. The van der Waals surface area contributed by atoms with E-state index in [-0.39, 0.29) is 17.1 Å². The van der Waals surface area contributed by atoms with E-state index >= 15 is 0 Å². The molecule has 0 fully saturated rings. The third-order valence-electron chi connectivity index (χ3n) is 1.95. The molecule has 15 heavy (non-hydrogen) atoms. The molecule has 4 heteroatoms. The van der Waals surface area contributed by atoms with Crippen LogP contribution >= 0.6 is 11.3 Å². The van der Waals surface area contributed by atoms with Crippen LogP contribution in [0.2, 0.25) is 0 Å². The summed E-state index contributed by atoms with van der Waals surface area (Å²) in [6, 6.07) is 6.78. The van der Waals surface area contributed by atoms with E-state index in [9.17, 15) is 14.3 Å². The summed E-state index contributed by atoms with van der Waals surface area (Å²) in [5.41, 5.74) is 0.124. The quantitative estimate of drug-likeness (QED) is 0.793. The highest BCUT2D eigenvalue weighted by Crippen LogP contribution is 2.23. The Balaban J connectivity index is 2.42. The molecule has 0 bridgehead atoms. The van der Waals surface area contributed by atoms with Crippen LogP contribution in [0, 0.1) is 5.82 Å². The van der Waals surface area contributed by atoms with E-state index in [4.69, 9.17) is 0 Å². The zero-order chi connectivity index (χ0) is 10.8. The Morgan fingerprint density at radius 1 is 1.33 bits per heavy atom. The standard InChI is InChI=1S/C11H7FO2S/c12-7-3-4-8(9(13)6-7)11(14)10-2-1-5-15-10/h1-6,13H. The summed E-state index contributed by atoms with van der Waals surface area (Å²) in [7, 11) is 0. The second-order valence-electron chi connectivity index (χ2n) is 2.97. The van der Waals surface area contributed by atoms with Crippen molar-refractivity contribution in [2.75, 3.05) is 0 Å². The van der Waals surface area contributed by atoms with E-state index in [2.05, 4.69) is 0 Å². The van der Waals surface area contributed by atoms with Gasteiger partial charge in [0.1, 0.15) is 11.6 Å². The van der Waals surface area contributed by atoms with Crippen molar-refractivity contribution in [3.63, 3.8) is 0 Å². The highest BCUT2D eigenvalue weighted by molar-refractivity contribution is 7.12. The van der Waals surface area contributed by atoms with Crippen LogP contribution in [-0.4, -0.2) is 10.9 Å². The van der Waals surface area contributed by atoms with Gasteiger partial charge in [0.15, 0.2) is 0 Å². The van der Waals surface area contributed by atoms with Crippen LogP contribution in [0.3, 0.4) is 0 Å². The molecule has 2 rings (SSSR count). The summed E-state index contributed by atoms with van der Waals surface area (Å²) in [5, 5.41) is 11.2. The molecule has 2 aromatic rings. The molecule has 0 amide bonds. The Bertz CT molecular complexity index is 491. The maximum atomic E-state index is 12.7. The van der Waals surface area contributed by atoms with E-state index in [1.807, 2.05) is 0 Å². The summed E-state index contributed by atoms with van der Waals surface area (Å²) >= 11 is 1.28. The lowest BCUT2D eigenvalue weighted by atomic mass is 10.1. The van der Waals surface area contributed by atoms with E-state index in [0.29, 0.717) is 4.88 Å². The van der Waals surface area contributed by atoms with Gasteiger partial charge in [-0.3, -0.25) is 4.79 Å². The summed E-state index contributed by atoms with van der Waals surface area (Å²) in [6.07, 6.45) is 0. The van der Waals surface area contributed by atoms with Gasteiger partial charge in [0.05, 0.1) is 10.4 Å². The fourth-order valence-corrected chi connectivity index (χ4v) is 1.92. The molecule has 76 valence electrons. The molecule has 1 heterocycles. The summed E-state index contributed by atoms with van der Waals surface area (Å²) in [5.74, 6) is -1.17. The van der Waals surface area contributed by atoms with Crippen molar-refractivity contribution < 1.29 is 14.3 Å². The largest absolute Gasteiger partial charge is 0.507 e. The van der Waals surface area contributed by atoms with E-state index in [0.717, 1.165) is 12.1 Å². The van der Waals surface area contributed by atoms with Crippen molar-refractivity contribution in [3.8, 4) is 5.75 Å². The molecule has 1 aromatic heterocycles. The smallest absolute Gasteiger partial charge is 0.206 e. The average molecular weight is 222 g/mol. The number of carbonyl (C=O) groups is 1. The van der Waals surface area contributed by atoms with Crippen molar-refractivity contribution in [2.24, 2.45) is 0 Å². The minimum Gasteiger partial charge on any atom is -0.507 e. The minimum absolute atomic E-state index is 0.124. The first-order chi connectivity index (χ1) is 7.18. The number of ketones is 1. The van der Waals surface area contributed by atoms with Crippen LogP contribution in [0.5, 0.6) is 5.75 Å². The van der Waals surface area contributed by atoms with Crippen LogP contribution in [0.4, 0.5) is 4.39 Å². The normalized spacial score (nSPS) is 10.2. The van der Waals surface area contributed by atoms with E-state index < -0.39 is 5.82 Å². The van der Waals surface area contributed by atoms with Gasteiger partial charge in [0, 0.05) is 6.07 Å². The first kappa shape index (κ1) is 9.86. The van der Waals surface area contributed by atoms with Gasteiger partial charge in [-0.25, -0.2) is 4.39 Å². The minimum atomic E-state index is -0.560. The average Bonchev–Trinajstić information content (AvgIpc) is 2.69. The van der Waals surface area contributed by atoms with Gasteiger partial charge in [-0.1, -0.05) is 6.07 Å². The maximum Gasteiger partial charge on any atom is 0.206 e. The number of benzene rings is 1. The number of phenols is 1. The zero-order valence-corrected chi connectivity index (χ0v) is 8.42. The fourth-order valence-electron chi connectivity index (χ4n) is 1.24. The molecule has 0 aliphatic carbocycles. The highest BCUT2D eigenvalue weighted by atomic mass is 32.1. The third kappa shape index (κ3) is 1.89. The molecule has 0 spiro atoms. The number of halogens is 1. The van der Waals surface area contributed by atoms with Crippen molar-refractivity contribution in [2.45, 2.75) is 0 Å². The van der Waals surface area contributed by atoms with Crippen LogP contribution in [0.15, 0.2) is 35.7 Å². The Kier molecular flexibility index (Phi) is 2.51. The SMILES string of the molecule is O=C(c1cccs1)c1ccc(F)cc1O. The molecule has 0 aliphatic rings. The van der Waals surface area contributed by atoms with Gasteiger partial charge in [-0.05, 0) is 23.6 Å². The molecule has 1 aromatic carbocycles. The number of aromatic hydroxyl groups is 1. The third-order valence-corrected chi connectivity index (χ3v) is 2.82. The molecular weight excluding hydrogens is 215 g/mol. The number of hydrogen-bond donors (Lipinski definition) is 1. The van der Waals surface area contributed by atoms with E-state index in [1.54, 1.807) is 17.5 Å². The Morgan fingerprint density at radius 3 is 2.73 bits per heavy atom. The Hall–Kier alpha value is -1.68. The van der Waals surface area contributed by atoms with Crippen LogP contribution in [0.25, 0.3) is 0 Å². The van der Waals surface area contributed by atoms with E-state index in [1.165, 1.54) is 17.4 Å². The lowest BCUT2D eigenvalue weighted by molar-refractivity contribution is 0.104. The van der Waals surface area contributed by atoms with Gasteiger partial charge in [-0.15, -0.1) is 11.3 Å². The lowest BCUT2D eigenvalue weighted by Crippen LogP contribution is -1.99. The predicted octanol–water partition coefficient (Wildman–Crippen LogP) is 2.82. The highest BCUT2D eigenvalue weighted by Gasteiger charge is 2.14. The van der Waals surface area contributed by atoms with Crippen molar-refractivity contribution in [3.05, 3.63) is 52.0 Å². The van der Waals surface area contributed by atoms with Crippen molar-refractivity contribution in [1.82, 2.24) is 0 Å². The Morgan fingerprint density at radius 2 is 2.13 bits per heavy atom. The molecule has 0 saturated heterocycles. The number of carbonyl (C=O) groups excluding carboxylic acids is 1. The van der Waals surface area contributed by atoms with Crippen LogP contribution in [-0.2, 0) is 0 Å². The first-order valence-electron chi connectivity index (χ1n) is 4.25. The van der Waals surface area contributed by atoms with Gasteiger partial charge in [-0.2, -0.15) is 0 Å². The summed E-state index contributed by atoms with van der Waals surface area (Å²) in [6.45, 7) is 0. The molecule has 0 saturated carbocycles. The van der Waals surface area contributed by atoms with Gasteiger partial charge < -0.3 is 5.11 Å². The first-order valence-corrected chi connectivity index (χ1v) is 5.13. The van der Waals surface area contributed by atoms with Gasteiger partial charge in [0.2, 0.25) is 5.78 Å². The number of hydrogen-bond acceptors (Lipinski definition) is 3. The van der Waals surface area contributed by atoms with Crippen LogP contribution in [0.1, 0.15) is 15.2 Å². The second kappa shape index (κ2) is 3.82. The monoisotopic (exact) mass is 222 g/mol. The van der Waals surface area contributed by atoms with Crippen LogP contribution < -0.4 is 0 Å². The molecule has 2 nitrogen and oxygen atoms in total. The number of rotatable bonds is 2. The summed E-state index contributed by atoms with van der Waals surface area (Å²) < 4.78 is 12.7. The molecule has 1 N–H and O–H groups in total. The number of thiophene rings is 1. The predicted molar refractivity (Wildman–Crippen MR) is 55.8 cm³/mol. The topological polar surface area (TPSA) is 37.3 Å². The molecule has 0 radical (unpaired) electrons. The zero-order valence-electron chi connectivity index (χ0n) is 7.61. The maximum absolute atomic E-state index is 12.7. The fraction of sp³-hybridized carbons (Fsp3) is 0. The summed E-state index contributed by atoms with van der Waals surface area (Å²) in [4.78, 5) is 12.3. The lowest BCUT2D eigenvalue weighted by Gasteiger charge is -2.01. The van der Waals surface area contributed by atoms with Crippen molar-refractivity contribution >= 4 is 17.1 Å². The van der Waals surface area contributed by atoms with Gasteiger partial charge in [0.25, 0.3) is 0 Å². The molecule has 0 aliphatic heterocycles. The second-order valence-corrected chi connectivity index (χ2v) is 3.92. The van der Waals surface area contributed by atoms with Crippen molar-refractivity contribution in [1.29, 1.82) is 0 Å².